The summed E-state index contributed by atoms with van der Waals surface area (Å²) in [4.78, 5) is 10.2. The summed E-state index contributed by atoms with van der Waals surface area (Å²) < 4.78 is 0. The molecular formula is C11H20O. The SMILES string of the molecule is C=C(CC)CCCC(C)CC=O. The number of allylic oxidation sites excluding steroid dienone is 1. The van der Waals surface area contributed by atoms with Crippen molar-refractivity contribution in [2.45, 2.75) is 46.0 Å². The van der Waals surface area contributed by atoms with Crippen LogP contribution in [0.5, 0.6) is 0 Å². The second kappa shape index (κ2) is 7.08. The first kappa shape index (κ1) is 11.4. The summed E-state index contributed by atoms with van der Waals surface area (Å²) in [6.45, 7) is 8.21. The van der Waals surface area contributed by atoms with Gasteiger partial charge in [0.25, 0.3) is 0 Å². The van der Waals surface area contributed by atoms with Crippen molar-refractivity contribution in [3.8, 4) is 0 Å². The highest BCUT2D eigenvalue weighted by atomic mass is 16.1. The fraction of sp³-hybridized carbons (Fsp3) is 0.727. The van der Waals surface area contributed by atoms with E-state index in [1.54, 1.807) is 0 Å². The van der Waals surface area contributed by atoms with Crippen LogP contribution in [0.2, 0.25) is 0 Å². The molecule has 0 radical (unpaired) electrons. The summed E-state index contributed by atoms with van der Waals surface area (Å²) in [5.74, 6) is 0.548. The predicted octanol–water partition coefficient (Wildman–Crippen LogP) is 3.35. The van der Waals surface area contributed by atoms with Crippen LogP contribution in [0.3, 0.4) is 0 Å². The number of rotatable bonds is 7. The van der Waals surface area contributed by atoms with Gasteiger partial charge in [0, 0.05) is 6.42 Å². The second-order valence-electron chi connectivity index (χ2n) is 3.50. The molecule has 1 unspecified atom stereocenters. The molecule has 70 valence electrons. The fourth-order valence-corrected chi connectivity index (χ4v) is 1.16. The Bertz CT molecular complexity index is 138. The third-order valence-corrected chi connectivity index (χ3v) is 2.23. The van der Waals surface area contributed by atoms with Crippen molar-refractivity contribution in [3.05, 3.63) is 12.2 Å². The molecular weight excluding hydrogens is 148 g/mol. The topological polar surface area (TPSA) is 17.1 Å². The summed E-state index contributed by atoms with van der Waals surface area (Å²) in [6, 6.07) is 0. The van der Waals surface area contributed by atoms with Crippen molar-refractivity contribution in [1.82, 2.24) is 0 Å². The molecule has 0 spiro atoms. The van der Waals surface area contributed by atoms with Gasteiger partial charge >= 0.3 is 0 Å². The van der Waals surface area contributed by atoms with Crippen molar-refractivity contribution in [1.29, 1.82) is 0 Å². The van der Waals surface area contributed by atoms with Crippen LogP contribution in [0.25, 0.3) is 0 Å². The van der Waals surface area contributed by atoms with E-state index in [9.17, 15) is 4.79 Å². The number of carbonyl (C=O) groups excluding carboxylic acids is 1. The van der Waals surface area contributed by atoms with E-state index in [0.717, 1.165) is 25.5 Å². The number of hydrogen-bond acceptors (Lipinski definition) is 1. The minimum atomic E-state index is 0.548. The van der Waals surface area contributed by atoms with Gasteiger partial charge in [-0.15, -0.1) is 0 Å². The number of aldehydes is 1. The van der Waals surface area contributed by atoms with Crippen LogP contribution in [0, 0.1) is 5.92 Å². The van der Waals surface area contributed by atoms with Crippen LogP contribution in [0.4, 0.5) is 0 Å². The smallest absolute Gasteiger partial charge is 0.120 e. The highest BCUT2D eigenvalue weighted by Gasteiger charge is 2.00. The zero-order valence-electron chi connectivity index (χ0n) is 8.31. The molecule has 0 saturated heterocycles. The van der Waals surface area contributed by atoms with E-state index in [-0.39, 0.29) is 0 Å². The van der Waals surface area contributed by atoms with Crippen LogP contribution >= 0.6 is 0 Å². The van der Waals surface area contributed by atoms with E-state index in [1.165, 1.54) is 12.0 Å². The Morgan fingerprint density at radius 3 is 2.75 bits per heavy atom. The van der Waals surface area contributed by atoms with Crippen molar-refractivity contribution in [2.24, 2.45) is 5.92 Å². The lowest BCUT2D eigenvalue weighted by molar-refractivity contribution is -0.108. The first-order chi connectivity index (χ1) is 5.70. The molecule has 0 rings (SSSR count). The van der Waals surface area contributed by atoms with E-state index >= 15 is 0 Å². The third kappa shape index (κ3) is 6.14. The maximum Gasteiger partial charge on any atom is 0.120 e. The summed E-state index contributed by atoms with van der Waals surface area (Å²) in [5, 5.41) is 0. The highest BCUT2D eigenvalue weighted by Crippen LogP contribution is 2.14. The quantitative estimate of drug-likeness (QED) is 0.421. The molecule has 0 aliphatic heterocycles. The molecule has 0 aliphatic carbocycles. The molecule has 0 heterocycles. The average molecular weight is 168 g/mol. The van der Waals surface area contributed by atoms with Gasteiger partial charge in [-0.2, -0.15) is 0 Å². The monoisotopic (exact) mass is 168 g/mol. The lowest BCUT2D eigenvalue weighted by atomic mass is 9.99. The van der Waals surface area contributed by atoms with Crippen molar-refractivity contribution >= 4 is 6.29 Å². The first-order valence-corrected chi connectivity index (χ1v) is 4.81. The minimum Gasteiger partial charge on any atom is -0.303 e. The lowest BCUT2D eigenvalue weighted by Crippen LogP contribution is -1.95. The van der Waals surface area contributed by atoms with Crippen molar-refractivity contribution in [3.63, 3.8) is 0 Å². The normalized spacial score (nSPS) is 12.5. The molecule has 0 aromatic heterocycles. The van der Waals surface area contributed by atoms with Crippen LogP contribution < -0.4 is 0 Å². The zero-order valence-corrected chi connectivity index (χ0v) is 8.31. The molecule has 1 nitrogen and oxygen atoms in total. The van der Waals surface area contributed by atoms with Gasteiger partial charge in [0.1, 0.15) is 6.29 Å². The molecule has 0 amide bonds. The molecule has 0 aromatic carbocycles. The molecule has 0 aromatic rings. The maximum atomic E-state index is 10.2. The Morgan fingerprint density at radius 2 is 2.25 bits per heavy atom. The molecule has 1 heteroatoms. The van der Waals surface area contributed by atoms with Crippen LogP contribution in [-0.2, 0) is 4.79 Å². The van der Waals surface area contributed by atoms with Crippen LogP contribution in [-0.4, -0.2) is 6.29 Å². The predicted molar refractivity (Wildman–Crippen MR) is 53.1 cm³/mol. The molecule has 12 heavy (non-hydrogen) atoms. The highest BCUT2D eigenvalue weighted by molar-refractivity contribution is 5.49. The molecule has 0 aliphatic rings. The van der Waals surface area contributed by atoms with Gasteiger partial charge in [0.15, 0.2) is 0 Å². The number of carbonyl (C=O) groups is 1. The van der Waals surface area contributed by atoms with Crippen molar-refractivity contribution in [2.75, 3.05) is 0 Å². The number of hydrogen-bond donors (Lipinski definition) is 0. The Hall–Kier alpha value is -0.590. The third-order valence-electron chi connectivity index (χ3n) is 2.23. The van der Waals surface area contributed by atoms with Gasteiger partial charge in [0.05, 0.1) is 0 Å². The van der Waals surface area contributed by atoms with Gasteiger partial charge in [-0.1, -0.05) is 26.0 Å². The molecule has 1 atom stereocenters. The second-order valence-corrected chi connectivity index (χ2v) is 3.50. The summed E-state index contributed by atoms with van der Waals surface area (Å²) in [7, 11) is 0. The first-order valence-electron chi connectivity index (χ1n) is 4.81. The molecule has 0 saturated carbocycles. The average Bonchev–Trinajstić information content (AvgIpc) is 2.04. The Kier molecular flexibility index (Phi) is 6.73. The Labute approximate surface area is 75.9 Å². The zero-order chi connectivity index (χ0) is 9.40. The summed E-state index contributed by atoms with van der Waals surface area (Å²) >= 11 is 0. The van der Waals surface area contributed by atoms with Crippen LogP contribution in [0.1, 0.15) is 46.0 Å². The van der Waals surface area contributed by atoms with Gasteiger partial charge < -0.3 is 4.79 Å². The van der Waals surface area contributed by atoms with E-state index in [1.807, 2.05) is 0 Å². The minimum absolute atomic E-state index is 0.548. The molecule has 0 fully saturated rings. The molecule has 0 N–H and O–H groups in total. The van der Waals surface area contributed by atoms with E-state index in [0.29, 0.717) is 12.3 Å². The van der Waals surface area contributed by atoms with Gasteiger partial charge in [-0.25, -0.2) is 0 Å². The van der Waals surface area contributed by atoms with E-state index in [2.05, 4.69) is 20.4 Å². The largest absolute Gasteiger partial charge is 0.303 e. The van der Waals surface area contributed by atoms with Crippen LogP contribution in [0.15, 0.2) is 12.2 Å². The van der Waals surface area contributed by atoms with E-state index < -0.39 is 0 Å². The van der Waals surface area contributed by atoms with Crippen molar-refractivity contribution < 1.29 is 4.79 Å². The molecule has 0 bridgehead atoms. The fourth-order valence-electron chi connectivity index (χ4n) is 1.16. The van der Waals surface area contributed by atoms with Gasteiger partial charge in [-0.05, 0) is 31.6 Å². The van der Waals surface area contributed by atoms with E-state index in [4.69, 9.17) is 0 Å². The summed E-state index contributed by atoms with van der Waals surface area (Å²) in [6.07, 6.45) is 6.26. The standard InChI is InChI=1S/C11H20O/c1-4-10(2)6-5-7-11(3)8-9-12/h9,11H,2,4-8H2,1,3H3. The Balaban J connectivity index is 3.29. The lowest BCUT2D eigenvalue weighted by Gasteiger charge is -2.07. The summed E-state index contributed by atoms with van der Waals surface area (Å²) in [5.41, 5.74) is 1.33. The van der Waals surface area contributed by atoms with Gasteiger partial charge in [0.2, 0.25) is 0 Å². The van der Waals surface area contributed by atoms with Gasteiger partial charge in [-0.3, -0.25) is 0 Å². The Morgan fingerprint density at radius 1 is 1.58 bits per heavy atom. The maximum absolute atomic E-state index is 10.2.